The minimum atomic E-state index is -3.83. The molecule has 0 fully saturated rings. The summed E-state index contributed by atoms with van der Waals surface area (Å²) >= 11 is 0. The number of fused-ring (bicyclic) bond motifs is 3. The van der Waals surface area contributed by atoms with Gasteiger partial charge in [0.1, 0.15) is 5.58 Å². The number of nitrogens with one attached hydrogen (secondary N) is 2. The number of hydrazine groups is 1. The molecular formula is C24H23N3O5S. The van der Waals surface area contributed by atoms with Gasteiger partial charge in [0, 0.05) is 18.0 Å². The summed E-state index contributed by atoms with van der Waals surface area (Å²) in [4.78, 5) is 24.7. The molecule has 9 heteroatoms. The van der Waals surface area contributed by atoms with E-state index < -0.39 is 28.4 Å². The largest absolute Gasteiger partial charge is 0.464 e. The molecule has 0 saturated carbocycles. The molecule has 0 aliphatic heterocycles. The summed E-state index contributed by atoms with van der Waals surface area (Å²) in [7, 11) is -2.52. The topological polar surface area (TPSA) is 109 Å². The van der Waals surface area contributed by atoms with E-state index in [9.17, 15) is 18.0 Å². The van der Waals surface area contributed by atoms with E-state index in [4.69, 9.17) is 4.42 Å². The molecule has 0 aliphatic carbocycles. The van der Waals surface area contributed by atoms with Crippen molar-refractivity contribution in [3.63, 3.8) is 0 Å². The summed E-state index contributed by atoms with van der Waals surface area (Å²) in [5.41, 5.74) is 6.89. The number of nitrogens with zero attached hydrogens (tertiary/aromatic N) is 1. The molecule has 3 aromatic carbocycles. The molecule has 33 heavy (non-hydrogen) atoms. The van der Waals surface area contributed by atoms with Crippen LogP contribution in [-0.4, -0.2) is 38.1 Å². The Hall–Kier alpha value is -3.69. The van der Waals surface area contributed by atoms with Crippen LogP contribution in [0.4, 0.5) is 0 Å². The van der Waals surface area contributed by atoms with Crippen molar-refractivity contribution >= 4 is 43.6 Å². The molecule has 2 amide bonds. The molecule has 4 rings (SSSR count). The third kappa shape index (κ3) is 4.74. The summed E-state index contributed by atoms with van der Waals surface area (Å²) in [6.45, 7) is 1.40. The van der Waals surface area contributed by atoms with Crippen molar-refractivity contribution in [2.75, 3.05) is 13.6 Å². The number of carbonyl (C=O) groups is 2. The van der Waals surface area contributed by atoms with Crippen molar-refractivity contribution in [2.45, 2.75) is 18.2 Å². The number of sulfonamides is 1. The Morgan fingerprint density at radius 1 is 0.939 bits per heavy atom. The highest BCUT2D eigenvalue weighted by atomic mass is 32.2. The van der Waals surface area contributed by atoms with Crippen LogP contribution in [0.3, 0.4) is 0 Å². The Kier molecular flexibility index (Phi) is 6.17. The van der Waals surface area contributed by atoms with E-state index in [1.54, 1.807) is 12.1 Å². The van der Waals surface area contributed by atoms with Crippen LogP contribution in [0.2, 0.25) is 0 Å². The SMILES string of the molecule is Cc1ccc(S(=O)(=O)N(C)CC(=O)NNC(=O)Cc2coc3ccc4ccccc4c23)cc1. The fourth-order valence-electron chi connectivity index (χ4n) is 3.58. The van der Waals surface area contributed by atoms with Crippen molar-refractivity contribution in [1.29, 1.82) is 0 Å². The van der Waals surface area contributed by atoms with Crippen molar-refractivity contribution in [3.05, 3.63) is 78.1 Å². The van der Waals surface area contributed by atoms with Gasteiger partial charge in [-0.25, -0.2) is 8.42 Å². The smallest absolute Gasteiger partial charge is 0.253 e. The summed E-state index contributed by atoms with van der Waals surface area (Å²) < 4.78 is 31.7. The summed E-state index contributed by atoms with van der Waals surface area (Å²) in [5.74, 6) is -1.12. The van der Waals surface area contributed by atoms with E-state index in [2.05, 4.69) is 10.9 Å². The lowest BCUT2D eigenvalue weighted by Gasteiger charge is -2.17. The van der Waals surface area contributed by atoms with E-state index in [0.717, 1.165) is 26.0 Å². The van der Waals surface area contributed by atoms with E-state index in [-0.39, 0.29) is 11.3 Å². The van der Waals surface area contributed by atoms with Crippen molar-refractivity contribution in [2.24, 2.45) is 0 Å². The predicted octanol–water partition coefficient (Wildman–Crippen LogP) is 2.91. The number of furan rings is 1. The first-order valence-corrected chi connectivity index (χ1v) is 11.7. The first kappa shape index (κ1) is 22.5. The van der Waals surface area contributed by atoms with Gasteiger partial charge in [-0.2, -0.15) is 4.31 Å². The van der Waals surface area contributed by atoms with Gasteiger partial charge in [0.2, 0.25) is 15.9 Å². The average Bonchev–Trinajstić information content (AvgIpc) is 3.21. The highest BCUT2D eigenvalue weighted by Crippen LogP contribution is 2.30. The van der Waals surface area contributed by atoms with Crippen LogP contribution in [0, 0.1) is 6.92 Å². The maximum absolute atomic E-state index is 12.6. The van der Waals surface area contributed by atoms with Gasteiger partial charge in [-0.3, -0.25) is 20.4 Å². The Morgan fingerprint density at radius 2 is 1.64 bits per heavy atom. The van der Waals surface area contributed by atoms with Crippen molar-refractivity contribution < 1.29 is 22.4 Å². The maximum atomic E-state index is 12.6. The summed E-state index contributed by atoms with van der Waals surface area (Å²) in [6, 6.07) is 17.9. The monoisotopic (exact) mass is 465 g/mol. The molecule has 1 heterocycles. The van der Waals surface area contributed by atoms with Crippen LogP contribution in [0.5, 0.6) is 0 Å². The molecule has 0 saturated heterocycles. The van der Waals surface area contributed by atoms with Gasteiger partial charge in [-0.1, -0.05) is 48.0 Å². The molecule has 0 aliphatic rings. The van der Waals surface area contributed by atoms with Crippen LogP contribution in [0.25, 0.3) is 21.7 Å². The van der Waals surface area contributed by atoms with Crippen LogP contribution < -0.4 is 10.9 Å². The Bertz CT molecular complexity index is 1440. The second-order valence-electron chi connectivity index (χ2n) is 7.77. The maximum Gasteiger partial charge on any atom is 0.253 e. The van der Waals surface area contributed by atoms with Gasteiger partial charge in [-0.05, 0) is 35.9 Å². The number of amides is 2. The molecule has 8 nitrogen and oxygen atoms in total. The third-order valence-electron chi connectivity index (χ3n) is 5.33. The molecule has 0 spiro atoms. The number of benzene rings is 3. The average molecular weight is 466 g/mol. The number of likely N-dealkylation sites (N-methyl/N-ethyl adjacent to an activating group) is 1. The zero-order valence-electron chi connectivity index (χ0n) is 18.2. The second-order valence-corrected chi connectivity index (χ2v) is 9.81. The molecule has 0 radical (unpaired) electrons. The molecule has 0 atom stereocenters. The molecule has 170 valence electrons. The quantitative estimate of drug-likeness (QED) is 0.426. The highest BCUT2D eigenvalue weighted by molar-refractivity contribution is 7.89. The first-order valence-electron chi connectivity index (χ1n) is 10.2. The number of carbonyl (C=O) groups excluding carboxylic acids is 2. The van der Waals surface area contributed by atoms with Crippen molar-refractivity contribution in [3.8, 4) is 0 Å². The number of hydrogen-bond acceptors (Lipinski definition) is 5. The number of hydrogen-bond donors (Lipinski definition) is 2. The summed E-state index contributed by atoms with van der Waals surface area (Å²) in [6.07, 6.45) is 1.51. The lowest BCUT2D eigenvalue weighted by atomic mass is 10.0. The van der Waals surface area contributed by atoms with Gasteiger partial charge in [0.05, 0.1) is 24.1 Å². The molecule has 1 aromatic heterocycles. The fourth-order valence-corrected chi connectivity index (χ4v) is 4.71. The van der Waals surface area contributed by atoms with E-state index in [1.165, 1.54) is 25.4 Å². The lowest BCUT2D eigenvalue weighted by Crippen LogP contribution is -2.47. The Labute approximate surface area is 191 Å². The van der Waals surface area contributed by atoms with Gasteiger partial charge in [-0.15, -0.1) is 0 Å². The van der Waals surface area contributed by atoms with Gasteiger partial charge in [0.25, 0.3) is 5.91 Å². The minimum absolute atomic E-state index is 0.0151. The van der Waals surface area contributed by atoms with Gasteiger partial charge >= 0.3 is 0 Å². The van der Waals surface area contributed by atoms with Crippen LogP contribution >= 0.6 is 0 Å². The Balaban J connectivity index is 1.38. The minimum Gasteiger partial charge on any atom is -0.464 e. The lowest BCUT2D eigenvalue weighted by molar-refractivity contribution is -0.128. The van der Waals surface area contributed by atoms with E-state index in [0.29, 0.717) is 11.1 Å². The fraction of sp³-hybridized carbons (Fsp3) is 0.167. The molecule has 0 unspecified atom stereocenters. The highest BCUT2D eigenvalue weighted by Gasteiger charge is 2.23. The normalized spacial score (nSPS) is 11.7. The van der Waals surface area contributed by atoms with Gasteiger partial charge in [0.15, 0.2) is 0 Å². The van der Waals surface area contributed by atoms with Crippen molar-refractivity contribution in [1.82, 2.24) is 15.2 Å². The zero-order valence-corrected chi connectivity index (χ0v) is 19.0. The van der Waals surface area contributed by atoms with Crippen LogP contribution in [0.15, 0.2) is 76.2 Å². The standard InChI is InChI=1S/C24H23N3O5S/c1-16-7-10-19(11-8-16)33(30,31)27(2)14-23(29)26-25-22(28)13-18-15-32-21-12-9-17-5-3-4-6-20(17)24(18)21/h3-12,15H,13-14H2,1-2H3,(H,25,28)(H,26,29). The second kappa shape index (κ2) is 9.05. The number of rotatable bonds is 6. The zero-order chi connectivity index (χ0) is 23.6. The van der Waals surface area contributed by atoms with Crippen LogP contribution in [-0.2, 0) is 26.0 Å². The summed E-state index contributed by atoms with van der Waals surface area (Å²) in [5, 5.41) is 2.84. The third-order valence-corrected chi connectivity index (χ3v) is 7.15. The molecular weight excluding hydrogens is 442 g/mol. The first-order chi connectivity index (χ1) is 15.8. The van der Waals surface area contributed by atoms with Crippen LogP contribution in [0.1, 0.15) is 11.1 Å². The molecule has 4 aromatic rings. The predicted molar refractivity (Wildman–Crippen MR) is 125 cm³/mol. The van der Waals surface area contributed by atoms with E-state index >= 15 is 0 Å². The van der Waals surface area contributed by atoms with E-state index in [1.807, 2.05) is 43.3 Å². The van der Waals surface area contributed by atoms with Gasteiger partial charge < -0.3 is 4.42 Å². The Morgan fingerprint density at radius 3 is 2.39 bits per heavy atom. The molecule has 2 N–H and O–H groups in total. The number of aryl methyl sites for hydroxylation is 1. The molecule has 0 bridgehead atoms.